The quantitative estimate of drug-likeness (QED) is 0.692. The number of fused-ring (bicyclic) bond motifs is 1. The highest BCUT2D eigenvalue weighted by molar-refractivity contribution is 5.79. The van der Waals surface area contributed by atoms with Crippen molar-refractivity contribution < 1.29 is 18.3 Å². The number of ether oxygens (including phenoxy) is 1. The third-order valence-corrected chi connectivity index (χ3v) is 3.16. The van der Waals surface area contributed by atoms with Gasteiger partial charge in [0, 0.05) is 5.56 Å². The zero-order valence-corrected chi connectivity index (χ0v) is 11.3. The average molecular weight is 285 g/mol. The Labute approximate surface area is 120 Å². The Kier molecular flexibility index (Phi) is 3.39. The molecule has 0 aliphatic rings. The number of halogens is 1. The lowest BCUT2D eigenvalue weighted by Gasteiger charge is -2.05. The Morgan fingerprint density at radius 1 is 1.29 bits per heavy atom. The van der Waals surface area contributed by atoms with Gasteiger partial charge in [-0.25, -0.2) is 9.37 Å². The van der Waals surface area contributed by atoms with E-state index in [1.54, 1.807) is 6.07 Å². The molecule has 0 unspecified atom stereocenters. The molecule has 0 saturated heterocycles. The summed E-state index contributed by atoms with van der Waals surface area (Å²) in [7, 11) is 1.31. The number of methoxy groups -OCH3 is 1. The van der Waals surface area contributed by atoms with E-state index in [2.05, 4.69) is 9.72 Å². The van der Waals surface area contributed by atoms with Crippen molar-refractivity contribution in [2.75, 3.05) is 7.11 Å². The smallest absolute Gasteiger partial charge is 0.310 e. The second-order valence-corrected chi connectivity index (χ2v) is 4.54. The molecule has 2 aromatic carbocycles. The zero-order valence-electron chi connectivity index (χ0n) is 11.3. The first kappa shape index (κ1) is 13.3. The topological polar surface area (TPSA) is 52.3 Å². The molecule has 1 aromatic heterocycles. The van der Waals surface area contributed by atoms with E-state index in [0.29, 0.717) is 22.2 Å². The lowest BCUT2D eigenvalue weighted by atomic mass is 10.0. The average Bonchev–Trinajstić information content (AvgIpc) is 2.92. The van der Waals surface area contributed by atoms with Gasteiger partial charge in [-0.15, -0.1) is 0 Å². The number of benzene rings is 2. The summed E-state index contributed by atoms with van der Waals surface area (Å²) < 4.78 is 23.8. The molecule has 5 heteroatoms. The van der Waals surface area contributed by atoms with Crippen molar-refractivity contribution in [3.63, 3.8) is 0 Å². The molecule has 21 heavy (non-hydrogen) atoms. The van der Waals surface area contributed by atoms with Gasteiger partial charge in [-0.05, 0) is 29.8 Å². The molecule has 0 radical (unpaired) electrons. The number of hydrogen-bond acceptors (Lipinski definition) is 4. The number of carbonyl (C=O) groups excluding carboxylic acids is 1. The summed E-state index contributed by atoms with van der Waals surface area (Å²) in [5, 5.41) is 0. The summed E-state index contributed by atoms with van der Waals surface area (Å²) in [6, 6.07) is 11.4. The molecule has 0 saturated carbocycles. The van der Waals surface area contributed by atoms with Gasteiger partial charge in [0.2, 0.25) is 5.89 Å². The Morgan fingerprint density at radius 2 is 2.10 bits per heavy atom. The van der Waals surface area contributed by atoms with Crippen LogP contribution >= 0.6 is 0 Å². The van der Waals surface area contributed by atoms with Gasteiger partial charge in [0.1, 0.15) is 11.3 Å². The Bertz CT molecular complexity index is 777. The summed E-state index contributed by atoms with van der Waals surface area (Å²) in [6.07, 6.45) is 0.0326. The molecular formula is C16H12FNO3. The molecule has 0 spiro atoms. The molecule has 0 aliphatic heterocycles. The number of carbonyl (C=O) groups is 1. The number of nitrogens with zero attached hydrogens (tertiary/aromatic N) is 1. The van der Waals surface area contributed by atoms with Crippen LogP contribution < -0.4 is 0 Å². The van der Waals surface area contributed by atoms with Crippen LogP contribution in [0.2, 0.25) is 0 Å². The van der Waals surface area contributed by atoms with Crippen LogP contribution in [0.5, 0.6) is 0 Å². The van der Waals surface area contributed by atoms with Crippen LogP contribution in [0, 0.1) is 5.82 Å². The minimum atomic E-state index is -0.416. The Balaban J connectivity index is 2.11. The lowest BCUT2D eigenvalue weighted by molar-refractivity contribution is -0.139. The molecule has 0 fully saturated rings. The first-order valence-electron chi connectivity index (χ1n) is 6.38. The maximum atomic E-state index is 13.5. The fourth-order valence-electron chi connectivity index (χ4n) is 2.12. The van der Waals surface area contributed by atoms with E-state index in [4.69, 9.17) is 4.42 Å². The van der Waals surface area contributed by atoms with E-state index in [9.17, 15) is 9.18 Å². The molecule has 0 N–H and O–H groups in total. The van der Waals surface area contributed by atoms with Gasteiger partial charge in [0.25, 0.3) is 0 Å². The first-order chi connectivity index (χ1) is 10.2. The predicted octanol–water partition coefficient (Wildman–Crippen LogP) is 3.35. The maximum absolute atomic E-state index is 13.5. The van der Waals surface area contributed by atoms with E-state index >= 15 is 0 Å². The molecular weight excluding hydrogens is 273 g/mol. The number of para-hydroxylation sites is 2. The van der Waals surface area contributed by atoms with Gasteiger partial charge in [0.15, 0.2) is 5.58 Å². The first-order valence-corrected chi connectivity index (χ1v) is 6.38. The van der Waals surface area contributed by atoms with Gasteiger partial charge >= 0.3 is 5.97 Å². The molecule has 3 rings (SSSR count). The van der Waals surface area contributed by atoms with Crippen LogP contribution in [-0.4, -0.2) is 18.1 Å². The van der Waals surface area contributed by atoms with Gasteiger partial charge in [-0.1, -0.05) is 18.2 Å². The highest BCUT2D eigenvalue weighted by Gasteiger charge is 2.15. The molecule has 3 aromatic rings. The number of rotatable bonds is 3. The normalized spacial score (nSPS) is 10.8. The van der Waals surface area contributed by atoms with E-state index in [-0.39, 0.29) is 12.3 Å². The maximum Gasteiger partial charge on any atom is 0.310 e. The minimum Gasteiger partial charge on any atom is -0.469 e. The van der Waals surface area contributed by atoms with Crippen LogP contribution in [-0.2, 0) is 16.0 Å². The van der Waals surface area contributed by atoms with E-state index < -0.39 is 11.8 Å². The van der Waals surface area contributed by atoms with Crippen molar-refractivity contribution in [2.24, 2.45) is 0 Å². The fraction of sp³-hybridized carbons (Fsp3) is 0.125. The molecule has 0 bridgehead atoms. The summed E-state index contributed by atoms with van der Waals surface area (Å²) in [5.41, 5.74) is 2.35. The monoisotopic (exact) mass is 285 g/mol. The molecule has 0 atom stereocenters. The van der Waals surface area contributed by atoms with Gasteiger partial charge in [-0.3, -0.25) is 4.79 Å². The molecule has 4 nitrogen and oxygen atoms in total. The van der Waals surface area contributed by atoms with E-state index in [0.717, 1.165) is 0 Å². The fourth-order valence-corrected chi connectivity index (χ4v) is 2.12. The van der Waals surface area contributed by atoms with Crippen LogP contribution in [0.3, 0.4) is 0 Å². The third-order valence-electron chi connectivity index (χ3n) is 3.16. The van der Waals surface area contributed by atoms with E-state index in [1.165, 1.54) is 25.3 Å². The summed E-state index contributed by atoms with van der Waals surface area (Å²) in [6.45, 7) is 0. The van der Waals surface area contributed by atoms with Gasteiger partial charge in [0.05, 0.1) is 13.5 Å². The molecule has 106 valence electrons. The minimum absolute atomic E-state index is 0.0326. The lowest BCUT2D eigenvalue weighted by Crippen LogP contribution is -2.06. The number of aromatic nitrogens is 1. The number of hydrogen-bond donors (Lipinski definition) is 0. The van der Waals surface area contributed by atoms with Gasteiger partial charge in [-0.2, -0.15) is 0 Å². The van der Waals surface area contributed by atoms with Crippen molar-refractivity contribution in [3.8, 4) is 11.5 Å². The second kappa shape index (κ2) is 5.36. The molecule has 0 amide bonds. The van der Waals surface area contributed by atoms with Crippen LogP contribution in [0.4, 0.5) is 4.39 Å². The zero-order chi connectivity index (χ0) is 14.8. The highest BCUT2D eigenvalue weighted by Crippen LogP contribution is 2.28. The van der Waals surface area contributed by atoms with Crippen LogP contribution in [0.1, 0.15) is 5.56 Å². The highest BCUT2D eigenvalue weighted by atomic mass is 19.1. The second-order valence-electron chi connectivity index (χ2n) is 4.54. The van der Waals surface area contributed by atoms with Crippen molar-refractivity contribution in [3.05, 3.63) is 53.8 Å². The standard InChI is InChI=1S/C16H12FNO3/c1-20-15(19)8-10-6-7-11(17)9-12(10)16-18-13-4-2-3-5-14(13)21-16/h2-7,9H,8H2,1H3. The van der Waals surface area contributed by atoms with Crippen molar-refractivity contribution in [1.82, 2.24) is 4.98 Å². The molecule has 0 aliphatic carbocycles. The van der Waals surface area contributed by atoms with Crippen molar-refractivity contribution in [2.45, 2.75) is 6.42 Å². The predicted molar refractivity (Wildman–Crippen MR) is 75.1 cm³/mol. The van der Waals surface area contributed by atoms with Crippen LogP contribution in [0.15, 0.2) is 46.9 Å². The largest absolute Gasteiger partial charge is 0.469 e. The number of esters is 1. The van der Waals surface area contributed by atoms with Gasteiger partial charge < -0.3 is 9.15 Å². The molecule has 1 heterocycles. The Morgan fingerprint density at radius 3 is 2.86 bits per heavy atom. The van der Waals surface area contributed by atoms with E-state index in [1.807, 2.05) is 18.2 Å². The van der Waals surface area contributed by atoms with Crippen LogP contribution in [0.25, 0.3) is 22.6 Å². The number of oxazole rings is 1. The third kappa shape index (κ3) is 2.63. The summed E-state index contributed by atoms with van der Waals surface area (Å²) >= 11 is 0. The summed E-state index contributed by atoms with van der Waals surface area (Å²) in [5.74, 6) is -0.533. The SMILES string of the molecule is COC(=O)Cc1ccc(F)cc1-c1nc2ccccc2o1. The van der Waals surface area contributed by atoms with Crippen molar-refractivity contribution >= 4 is 17.1 Å². The summed E-state index contributed by atoms with van der Waals surface area (Å²) in [4.78, 5) is 15.8. The van der Waals surface area contributed by atoms with Crippen molar-refractivity contribution in [1.29, 1.82) is 0 Å². The Hall–Kier alpha value is -2.69.